The summed E-state index contributed by atoms with van der Waals surface area (Å²) < 4.78 is 25.0. The normalized spacial score (nSPS) is 13.8. The van der Waals surface area contributed by atoms with Gasteiger partial charge in [-0.05, 0) is 60.2 Å². The van der Waals surface area contributed by atoms with Gasteiger partial charge in [-0.3, -0.25) is 0 Å². The molecular formula is C38H64N2O6Si2. The van der Waals surface area contributed by atoms with E-state index in [2.05, 4.69) is 81.6 Å². The summed E-state index contributed by atoms with van der Waals surface area (Å²) in [6.45, 7) is 27.9. The minimum atomic E-state index is -2.09. The van der Waals surface area contributed by atoms with Gasteiger partial charge in [-0.15, -0.1) is 0 Å². The number of carbonyl (C=O) groups is 2. The zero-order chi connectivity index (χ0) is 36.2. The molecule has 0 aliphatic carbocycles. The van der Waals surface area contributed by atoms with Crippen LogP contribution >= 0.6 is 0 Å². The van der Waals surface area contributed by atoms with Crippen molar-refractivity contribution in [2.24, 2.45) is 0 Å². The standard InChI is InChI=1S/C38H64N2O6Si2/c1-13-33(29-45-47(9,10)37(3,4)5)39(35(41)43-27-31-21-17-15-18-22-31)25-26-40(36(42)44-28-32-23-19-16-20-24-32)34(14-2)30-46-48(11,12)38(6,7)8/h15-24,33-34H,13-14,25-30H2,1-12H3/t33-,34-/m0/s1. The Kier molecular flexibility index (Phi) is 15.9. The first-order valence-electron chi connectivity index (χ1n) is 17.6. The van der Waals surface area contributed by atoms with Crippen LogP contribution in [0.3, 0.4) is 0 Å². The van der Waals surface area contributed by atoms with Crippen molar-refractivity contribution in [3.8, 4) is 0 Å². The van der Waals surface area contributed by atoms with Gasteiger partial charge in [0.1, 0.15) is 13.2 Å². The maximum Gasteiger partial charge on any atom is 0.410 e. The molecule has 48 heavy (non-hydrogen) atoms. The van der Waals surface area contributed by atoms with Crippen molar-refractivity contribution in [3.63, 3.8) is 0 Å². The summed E-state index contributed by atoms with van der Waals surface area (Å²) in [5.74, 6) is 0. The molecule has 0 aliphatic heterocycles. The van der Waals surface area contributed by atoms with Gasteiger partial charge >= 0.3 is 12.2 Å². The predicted molar refractivity (Wildman–Crippen MR) is 201 cm³/mol. The molecule has 0 radical (unpaired) electrons. The molecule has 0 aliphatic rings. The molecule has 2 aromatic rings. The number of amides is 2. The average molecular weight is 701 g/mol. The van der Waals surface area contributed by atoms with Crippen molar-refractivity contribution in [3.05, 3.63) is 71.8 Å². The van der Waals surface area contributed by atoms with Crippen molar-refractivity contribution in [1.29, 1.82) is 0 Å². The monoisotopic (exact) mass is 700 g/mol. The van der Waals surface area contributed by atoms with Crippen LogP contribution in [-0.2, 0) is 31.5 Å². The molecular weight excluding hydrogens is 637 g/mol. The molecule has 8 nitrogen and oxygen atoms in total. The van der Waals surface area contributed by atoms with Crippen LogP contribution in [0.4, 0.5) is 9.59 Å². The Labute approximate surface area is 293 Å². The highest BCUT2D eigenvalue weighted by atomic mass is 28.4. The quantitative estimate of drug-likeness (QED) is 0.153. The number of nitrogens with zero attached hydrogens (tertiary/aromatic N) is 2. The first-order chi connectivity index (χ1) is 22.3. The molecule has 0 saturated heterocycles. The molecule has 0 fully saturated rings. The van der Waals surface area contributed by atoms with Crippen LogP contribution in [0.2, 0.25) is 36.3 Å². The molecule has 0 spiro atoms. The van der Waals surface area contributed by atoms with Gasteiger partial charge in [-0.1, -0.05) is 116 Å². The van der Waals surface area contributed by atoms with Crippen LogP contribution < -0.4 is 0 Å². The summed E-state index contributed by atoms with van der Waals surface area (Å²) >= 11 is 0. The Morgan fingerprint density at radius 3 is 1.19 bits per heavy atom. The third kappa shape index (κ3) is 12.7. The first-order valence-corrected chi connectivity index (χ1v) is 23.4. The van der Waals surface area contributed by atoms with Gasteiger partial charge in [0.2, 0.25) is 0 Å². The van der Waals surface area contributed by atoms with Crippen LogP contribution in [0.25, 0.3) is 0 Å². The second-order valence-corrected chi connectivity index (χ2v) is 25.4. The molecule has 0 N–H and O–H groups in total. The molecule has 2 amide bonds. The summed E-state index contributed by atoms with van der Waals surface area (Å²) in [5.41, 5.74) is 1.83. The summed E-state index contributed by atoms with van der Waals surface area (Å²) in [5, 5.41) is 0.0590. The molecule has 0 heterocycles. The van der Waals surface area contributed by atoms with Crippen molar-refractivity contribution >= 4 is 28.8 Å². The van der Waals surface area contributed by atoms with Gasteiger partial charge in [0.05, 0.1) is 25.3 Å². The van der Waals surface area contributed by atoms with Crippen LogP contribution in [0.15, 0.2) is 60.7 Å². The Morgan fingerprint density at radius 1 is 0.604 bits per heavy atom. The Bertz CT molecular complexity index is 1150. The third-order valence-electron chi connectivity index (χ3n) is 10.2. The lowest BCUT2D eigenvalue weighted by molar-refractivity contribution is 0.0412. The lowest BCUT2D eigenvalue weighted by Crippen LogP contribution is -2.53. The van der Waals surface area contributed by atoms with E-state index in [1.165, 1.54) is 0 Å². The largest absolute Gasteiger partial charge is 0.445 e. The number of hydrogen-bond acceptors (Lipinski definition) is 6. The van der Waals surface area contributed by atoms with E-state index >= 15 is 0 Å². The molecule has 0 aromatic heterocycles. The minimum absolute atomic E-state index is 0.0295. The number of ether oxygens (including phenoxy) is 2. The highest BCUT2D eigenvalue weighted by molar-refractivity contribution is 6.74. The van der Waals surface area contributed by atoms with E-state index in [0.29, 0.717) is 26.1 Å². The highest BCUT2D eigenvalue weighted by Gasteiger charge is 2.40. The summed E-state index contributed by atoms with van der Waals surface area (Å²) in [7, 11) is -4.17. The van der Waals surface area contributed by atoms with Gasteiger partial charge in [-0.25, -0.2) is 9.59 Å². The molecule has 0 saturated carbocycles. The van der Waals surface area contributed by atoms with Gasteiger partial charge in [-0.2, -0.15) is 0 Å². The fourth-order valence-corrected chi connectivity index (χ4v) is 6.65. The van der Waals surface area contributed by atoms with Gasteiger partial charge < -0.3 is 28.1 Å². The van der Waals surface area contributed by atoms with Crippen molar-refractivity contribution < 1.29 is 27.9 Å². The van der Waals surface area contributed by atoms with Crippen LogP contribution in [0, 0.1) is 0 Å². The van der Waals surface area contributed by atoms with Crippen molar-refractivity contribution in [2.45, 2.75) is 130 Å². The molecule has 10 heteroatoms. The zero-order valence-electron chi connectivity index (χ0n) is 31.9. The third-order valence-corrected chi connectivity index (χ3v) is 19.2. The minimum Gasteiger partial charge on any atom is -0.445 e. The van der Waals surface area contributed by atoms with Crippen LogP contribution in [0.5, 0.6) is 0 Å². The fraction of sp³-hybridized carbons (Fsp3) is 0.632. The van der Waals surface area contributed by atoms with Crippen LogP contribution in [0.1, 0.15) is 79.4 Å². The van der Waals surface area contributed by atoms with E-state index in [1.807, 2.05) is 60.7 Å². The molecule has 0 bridgehead atoms. The van der Waals surface area contributed by atoms with E-state index in [-0.39, 0.29) is 48.5 Å². The number of carbonyl (C=O) groups excluding carboxylic acids is 2. The molecule has 2 rings (SSSR count). The van der Waals surface area contributed by atoms with E-state index in [1.54, 1.807) is 9.80 Å². The summed E-state index contributed by atoms with van der Waals surface area (Å²) in [4.78, 5) is 31.2. The topological polar surface area (TPSA) is 77.5 Å². The predicted octanol–water partition coefficient (Wildman–Crippen LogP) is 9.86. The first kappa shape index (κ1) is 41.5. The molecule has 2 aromatic carbocycles. The van der Waals surface area contributed by atoms with Crippen molar-refractivity contribution in [2.75, 3.05) is 26.3 Å². The SMILES string of the molecule is CC[C@@H](CO[Si](C)(C)C(C)(C)C)N(CCN(C(=O)OCc1ccccc1)[C@@H](CC)CO[Si](C)(C)C(C)(C)C)C(=O)OCc1ccccc1. The number of hydrogen-bond donors (Lipinski definition) is 0. The smallest absolute Gasteiger partial charge is 0.410 e. The van der Waals surface area contributed by atoms with Gasteiger partial charge in [0.15, 0.2) is 16.6 Å². The highest BCUT2D eigenvalue weighted by Crippen LogP contribution is 2.38. The Morgan fingerprint density at radius 2 is 0.917 bits per heavy atom. The second kappa shape index (κ2) is 18.4. The lowest BCUT2D eigenvalue weighted by Gasteiger charge is -2.40. The molecule has 2 atom stereocenters. The van der Waals surface area contributed by atoms with Gasteiger partial charge in [0.25, 0.3) is 0 Å². The maximum atomic E-state index is 13.8. The number of benzene rings is 2. The van der Waals surface area contributed by atoms with Crippen LogP contribution in [-0.4, -0.2) is 77.0 Å². The number of rotatable bonds is 17. The summed E-state index contributed by atoms with van der Waals surface area (Å²) in [6, 6.07) is 18.9. The van der Waals surface area contributed by atoms with Gasteiger partial charge in [0, 0.05) is 13.1 Å². The second-order valence-electron chi connectivity index (χ2n) is 15.7. The lowest BCUT2D eigenvalue weighted by atomic mass is 10.2. The van der Waals surface area contributed by atoms with E-state index < -0.39 is 28.8 Å². The molecule has 0 unspecified atom stereocenters. The summed E-state index contributed by atoms with van der Waals surface area (Å²) in [6.07, 6.45) is 0.513. The Balaban J connectivity index is 2.37. The fourth-order valence-electron chi connectivity index (χ4n) is 4.56. The van der Waals surface area contributed by atoms with Crippen molar-refractivity contribution in [1.82, 2.24) is 9.80 Å². The van der Waals surface area contributed by atoms with E-state index in [4.69, 9.17) is 18.3 Å². The average Bonchev–Trinajstić information content (AvgIpc) is 3.02. The molecule has 270 valence electrons. The van der Waals surface area contributed by atoms with E-state index in [9.17, 15) is 9.59 Å². The maximum absolute atomic E-state index is 13.8. The Hall–Kier alpha value is -2.67. The van der Waals surface area contributed by atoms with E-state index in [0.717, 1.165) is 11.1 Å². The zero-order valence-corrected chi connectivity index (χ0v) is 33.9.